The van der Waals surface area contributed by atoms with E-state index in [-0.39, 0.29) is 12.6 Å². The molecule has 0 saturated carbocycles. The second-order valence-electron chi connectivity index (χ2n) is 5.31. The summed E-state index contributed by atoms with van der Waals surface area (Å²) in [6.45, 7) is 6.34. The minimum absolute atomic E-state index is 0.163. The van der Waals surface area contributed by atoms with E-state index in [1.807, 2.05) is 45.0 Å². The molecule has 0 fully saturated rings. The number of rotatable bonds is 6. The standard InChI is InChI=1S/C17H20F3N3O/c1-4-10-24-15-14(17(18,19)20)11-21-16(22-15)23(5-2)13-8-6-12(3)7-9-13/h6-9,11H,4-5,10H2,1-3H3. The summed E-state index contributed by atoms with van der Waals surface area (Å²) in [6, 6.07) is 7.62. The van der Waals surface area contributed by atoms with Gasteiger partial charge in [-0.3, -0.25) is 0 Å². The van der Waals surface area contributed by atoms with E-state index in [1.54, 1.807) is 4.90 Å². The molecule has 0 radical (unpaired) electrons. The van der Waals surface area contributed by atoms with E-state index < -0.39 is 17.6 Å². The Balaban J connectivity index is 2.43. The van der Waals surface area contributed by atoms with Crippen molar-refractivity contribution in [3.8, 4) is 5.88 Å². The lowest BCUT2D eigenvalue weighted by atomic mass is 10.2. The summed E-state index contributed by atoms with van der Waals surface area (Å²) in [5.74, 6) is -0.250. The van der Waals surface area contributed by atoms with E-state index in [2.05, 4.69) is 9.97 Å². The first-order valence-electron chi connectivity index (χ1n) is 7.78. The van der Waals surface area contributed by atoms with Crippen molar-refractivity contribution in [1.29, 1.82) is 0 Å². The van der Waals surface area contributed by atoms with Crippen molar-refractivity contribution >= 4 is 11.6 Å². The number of nitrogens with zero attached hydrogens (tertiary/aromatic N) is 3. The Morgan fingerprint density at radius 1 is 1.12 bits per heavy atom. The SMILES string of the molecule is CCCOc1nc(N(CC)c2ccc(C)cc2)ncc1C(F)(F)F. The predicted octanol–water partition coefficient (Wildman–Crippen LogP) is 4.75. The van der Waals surface area contributed by atoms with E-state index in [4.69, 9.17) is 4.74 Å². The Kier molecular flexibility index (Phi) is 5.64. The van der Waals surface area contributed by atoms with Crippen LogP contribution in [0.25, 0.3) is 0 Å². The number of halogens is 3. The quantitative estimate of drug-likeness (QED) is 0.761. The maximum absolute atomic E-state index is 13.1. The number of anilines is 2. The molecule has 0 amide bonds. The van der Waals surface area contributed by atoms with Crippen molar-refractivity contribution in [3.05, 3.63) is 41.6 Å². The van der Waals surface area contributed by atoms with Crippen LogP contribution >= 0.6 is 0 Å². The summed E-state index contributed by atoms with van der Waals surface area (Å²) in [4.78, 5) is 9.65. The summed E-state index contributed by atoms with van der Waals surface area (Å²) >= 11 is 0. The molecule has 2 rings (SSSR count). The molecule has 0 atom stereocenters. The highest BCUT2D eigenvalue weighted by Gasteiger charge is 2.36. The summed E-state index contributed by atoms with van der Waals surface area (Å²) in [6.07, 6.45) is -3.18. The van der Waals surface area contributed by atoms with Gasteiger partial charge in [0, 0.05) is 18.4 Å². The lowest BCUT2D eigenvalue weighted by Gasteiger charge is -2.22. The number of ether oxygens (including phenoxy) is 1. The number of benzene rings is 1. The average molecular weight is 339 g/mol. The van der Waals surface area contributed by atoms with Crippen LogP contribution in [0.2, 0.25) is 0 Å². The fourth-order valence-electron chi connectivity index (χ4n) is 2.15. The Labute approximate surface area is 139 Å². The van der Waals surface area contributed by atoms with E-state index in [9.17, 15) is 13.2 Å². The first kappa shape index (κ1) is 18.0. The van der Waals surface area contributed by atoms with E-state index >= 15 is 0 Å². The molecule has 0 aliphatic heterocycles. The second kappa shape index (κ2) is 7.51. The first-order chi connectivity index (χ1) is 11.4. The van der Waals surface area contributed by atoms with Crippen LogP contribution in [0.4, 0.5) is 24.8 Å². The van der Waals surface area contributed by atoms with Crippen LogP contribution in [-0.2, 0) is 6.18 Å². The van der Waals surface area contributed by atoms with Gasteiger partial charge in [0.1, 0.15) is 5.56 Å². The van der Waals surface area contributed by atoms with Gasteiger partial charge >= 0.3 is 6.18 Å². The molecule has 130 valence electrons. The van der Waals surface area contributed by atoms with Crippen LogP contribution < -0.4 is 9.64 Å². The molecule has 0 saturated heterocycles. The molecule has 7 heteroatoms. The third-order valence-electron chi connectivity index (χ3n) is 3.39. The lowest BCUT2D eigenvalue weighted by molar-refractivity contribution is -0.139. The van der Waals surface area contributed by atoms with E-state index in [0.717, 1.165) is 17.4 Å². The van der Waals surface area contributed by atoms with E-state index in [0.29, 0.717) is 13.0 Å². The van der Waals surface area contributed by atoms with Gasteiger partial charge in [-0.25, -0.2) is 4.98 Å². The van der Waals surface area contributed by atoms with Crippen molar-refractivity contribution in [1.82, 2.24) is 9.97 Å². The summed E-state index contributed by atoms with van der Waals surface area (Å²) in [5, 5.41) is 0. The highest BCUT2D eigenvalue weighted by Crippen LogP contribution is 2.36. The number of hydrogen-bond acceptors (Lipinski definition) is 4. The summed E-state index contributed by atoms with van der Waals surface area (Å²) in [7, 11) is 0. The lowest BCUT2D eigenvalue weighted by Crippen LogP contribution is -2.21. The van der Waals surface area contributed by atoms with E-state index in [1.165, 1.54) is 0 Å². The van der Waals surface area contributed by atoms with Gasteiger partial charge in [0.15, 0.2) is 0 Å². The van der Waals surface area contributed by atoms with Gasteiger partial charge in [-0.05, 0) is 32.4 Å². The Bertz CT molecular complexity index is 672. The number of alkyl halides is 3. The molecule has 24 heavy (non-hydrogen) atoms. The van der Waals surface area contributed by atoms with Crippen molar-refractivity contribution in [2.45, 2.75) is 33.4 Å². The molecule has 0 bridgehead atoms. The van der Waals surface area contributed by atoms with Crippen molar-refractivity contribution in [3.63, 3.8) is 0 Å². The van der Waals surface area contributed by atoms with Gasteiger partial charge in [0.2, 0.25) is 11.8 Å². The highest BCUT2D eigenvalue weighted by molar-refractivity contribution is 5.58. The molecule has 1 heterocycles. The Morgan fingerprint density at radius 2 is 1.79 bits per heavy atom. The normalized spacial score (nSPS) is 11.4. The van der Waals surface area contributed by atoms with Gasteiger partial charge in [-0.15, -0.1) is 0 Å². The fraction of sp³-hybridized carbons (Fsp3) is 0.412. The number of hydrogen-bond donors (Lipinski definition) is 0. The predicted molar refractivity (Wildman–Crippen MR) is 86.7 cm³/mol. The fourth-order valence-corrected chi connectivity index (χ4v) is 2.15. The molecule has 2 aromatic rings. The molecular weight excluding hydrogens is 319 g/mol. The van der Waals surface area contributed by atoms with Crippen LogP contribution in [0, 0.1) is 6.92 Å². The molecule has 0 N–H and O–H groups in total. The zero-order valence-corrected chi connectivity index (χ0v) is 13.9. The van der Waals surface area contributed by atoms with Crippen molar-refractivity contribution < 1.29 is 17.9 Å². The van der Waals surface area contributed by atoms with Crippen LogP contribution in [0.5, 0.6) is 5.88 Å². The maximum atomic E-state index is 13.1. The minimum Gasteiger partial charge on any atom is -0.477 e. The molecule has 0 unspecified atom stereocenters. The molecule has 0 spiro atoms. The molecule has 0 aliphatic carbocycles. The Hall–Kier alpha value is -2.31. The topological polar surface area (TPSA) is 38.2 Å². The zero-order chi connectivity index (χ0) is 17.7. The second-order valence-corrected chi connectivity index (χ2v) is 5.31. The molecule has 1 aromatic carbocycles. The smallest absolute Gasteiger partial charge is 0.423 e. The molecule has 4 nitrogen and oxygen atoms in total. The van der Waals surface area contributed by atoms with Crippen LogP contribution in [0.15, 0.2) is 30.5 Å². The monoisotopic (exact) mass is 339 g/mol. The molecule has 1 aromatic heterocycles. The maximum Gasteiger partial charge on any atom is 0.423 e. The molecule has 0 aliphatic rings. The third kappa shape index (κ3) is 4.15. The average Bonchev–Trinajstić information content (AvgIpc) is 2.54. The summed E-state index contributed by atoms with van der Waals surface area (Å²) in [5.41, 5.74) is 0.944. The third-order valence-corrected chi connectivity index (χ3v) is 3.39. The van der Waals surface area contributed by atoms with Crippen molar-refractivity contribution in [2.24, 2.45) is 0 Å². The van der Waals surface area contributed by atoms with Crippen molar-refractivity contribution in [2.75, 3.05) is 18.1 Å². The molecular formula is C17H20F3N3O. The van der Waals surface area contributed by atoms with Crippen LogP contribution in [-0.4, -0.2) is 23.1 Å². The first-order valence-corrected chi connectivity index (χ1v) is 7.78. The van der Waals surface area contributed by atoms with Crippen LogP contribution in [0.3, 0.4) is 0 Å². The van der Waals surface area contributed by atoms with Crippen LogP contribution in [0.1, 0.15) is 31.4 Å². The number of aryl methyl sites for hydroxylation is 1. The summed E-state index contributed by atoms with van der Waals surface area (Å²) < 4.78 is 44.5. The largest absolute Gasteiger partial charge is 0.477 e. The number of aromatic nitrogens is 2. The minimum atomic E-state index is -4.55. The van der Waals surface area contributed by atoms with Gasteiger partial charge in [0.05, 0.1) is 6.61 Å². The van der Waals surface area contributed by atoms with Gasteiger partial charge in [-0.1, -0.05) is 24.6 Å². The van der Waals surface area contributed by atoms with Gasteiger partial charge in [-0.2, -0.15) is 18.2 Å². The Morgan fingerprint density at radius 3 is 2.33 bits per heavy atom. The highest BCUT2D eigenvalue weighted by atomic mass is 19.4. The zero-order valence-electron chi connectivity index (χ0n) is 13.9. The van der Waals surface area contributed by atoms with Gasteiger partial charge < -0.3 is 9.64 Å². The van der Waals surface area contributed by atoms with Gasteiger partial charge in [0.25, 0.3) is 0 Å².